The molecule has 15 aromatic rings. The van der Waals surface area contributed by atoms with Crippen LogP contribution < -0.4 is 0 Å². The van der Waals surface area contributed by atoms with E-state index in [1.54, 1.807) is 24.3 Å². The second kappa shape index (κ2) is 21.0. The highest BCUT2D eigenvalue weighted by atomic mass is 19.1. The van der Waals surface area contributed by atoms with E-state index in [1.807, 2.05) is 12.1 Å². The van der Waals surface area contributed by atoms with Gasteiger partial charge in [-0.05, 0) is 185 Å². The van der Waals surface area contributed by atoms with Gasteiger partial charge in [-0.2, -0.15) is 0 Å². The van der Waals surface area contributed by atoms with Crippen LogP contribution in [0, 0.1) is 11.6 Å². The van der Waals surface area contributed by atoms with Gasteiger partial charge in [-0.15, -0.1) is 0 Å². The molecule has 0 saturated carbocycles. The number of hydrogen-bond donors (Lipinski definition) is 0. The molecule has 0 fully saturated rings. The average molecular weight is 1240 g/mol. The Morgan fingerprint density at radius 1 is 0.245 bits per heavy atom. The second-order valence-electron chi connectivity index (χ2n) is 31.7. The van der Waals surface area contributed by atoms with Gasteiger partial charge in [0.25, 0.3) is 0 Å². The molecular weight excluding hydrogens is 1150 g/mol. The maximum Gasteiger partial charge on any atom is 0.123 e. The van der Waals surface area contributed by atoms with Gasteiger partial charge in [0.2, 0.25) is 0 Å². The number of halogens is 2. The average Bonchev–Trinajstić information content (AvgIpc) is 1.31. The van der Waals surface area contributed by atoms with E-state index in [0.29, 0.717) is 11.1 Å². The first-order chi connectivity index (χ1) is 44.5. The minimum atomic E-state index is -1.04. The van der Waals surface area contributed by atoms with Crippen molar-refractivity contribution in [3.63, 3.8) is 0 Å². The highest BCUT2D eigenvalue weighted by Crippen LogP contribution is 2.58. The Balaban J connectivity index is 1.32. The van der Waals surface area contributed by atoms with Crippen LogP contribution >= 0.6 is 0 Å². The molecule has 4 aromatic heterocycles. The quantitative estimate of drug-likeness (QED) is 0.144. The summed E-state index contributed by atoms with van der Waals surface area (Å²) in [5.41, 5.74) is 17.1. The van der Waals surface area contributed by atoms with Crippen LogP contribution in [0.2, 0.25) is 0 Å². The summed E-state index contributed by atoms with van der Waals surface area (Å²) in [5, 5.41) is 9.01. The van der Waals surface area contributed by atoms with E-state index in [1.165, 1.54) is 22.3 Å². The number of fused-ring (bicyclic) bond motifs is 12. The standard InChI is InChI=1S/C88H84F2N4/c1-83(2,3)55-39-43-69-65(49-55)66-50-56(84(4,5)6)40-44-70(66)91(69)81-77(53-27-25-29-59(89)47-53)79(87(13,14)93-73-35-21-17-31-61(73)62-32-18-22-36-74(62)93)78(54-28-26-30-60(90)48-54)82(80(81)88(15,16)94-75-37-23-19-33-63(75)64-34-20-24-38-76(64)94)92-71-45-41-57(85(7,8)9)51-67(71)68-52-58(86(10,11)12)42-46-72(68)92/h17-52H,1-16H3. The molecular formula is C88H84F2N4. The molecule has 0 aliphatic rings. The summed E-state index contributed by atoms with van der Waals surface area (Å²) >= 11 is 0. The predicted octanol–water partition coefficient (Wildman–Crippen LogP) is 24.5. The zero-order valence-corrected chi connectivity index (χ0v) is 57.3. The Kier molecular flexibility index (Phi) is 13.6. The molecule has 0 N–H and O–H groups in total. The maximum atomic E-state index is 17.5. The zero-order valence-electron chi connectivity index (χ0n) is 57.3. The van der Waals surface area contributed by atoms with Crippen LogP contribution in [0.5, 0.6) is 0 Å². The van der Waals surface area contributed by atoms with E-state index in [4.69, 9.17) is 0 Å². The summed E-state index contributed by atoms with van der Waals surface area (Å²) < 4.78 is 45.1. The van der Waals surface area contributed by atoms with Crippen molar-refractivity contribution in [1.82, 2.24) is 18.3 Å². The normalized spacial score (nSPS) is 13.2. The van der Waals surface area contributed by atoms with Crippen molar-refractivity contribution >= 4 is 87.2 Å². The van der Waals surface area contributed by atoms with Crippen molar-refractivity contribution in [3.05, 3.63) is 263 Å². The Labute approximate surface area is 551 Å². The van der Waals surface area contributed by atoms with Crippen LogP contribution in [-0.4, -0.2) is 18.3 Å². The summed E-state index contributed by atoms with van der Waals surface area (Å²) in [7, 11) is 0. The number of para-hydroxylation sites is 4. The summed E-state index contributed by atoms with van der Waals surface area (Å²) in [6, 6.07) is 78.0. The summed E-state index contributed by atoms with van der Waals surface area (Å²) in [6.45, 7) is 37.0. The molecule has 0 aliphatic heterocycles. The van der Waals surface area contributed by atoms with Crippen LogP contribution in [0.15, 0.2) is 218 Å². The van der Waals surface area contributed by atoms with Crippen molar-refractivity contribution in [3.8, 4) is 33.6 Å². The van der Waals surface area contributed by atoms with Gasteiger partial charge in [-0.1, -0.05) is 204 Å². The Morgan fingerprint density at radius 2 is 0.511 bits per heavy atom. The molecule has 0 spiro atoms. The molecule has 0 aliphatic carbocycles. The Hall–Kier alpha value is -9.52. The third-order valence-electron chi connectivity index (χ3n) is 20.6. The van der Waals surface area contributed by atoms with Gasteiger partial charge in [0, 0.05) is 81.8 Å². The molecule has 15 rings (SSSR count). The molecule has 6 heteroatoms. The van der Waals surface area contributed by atoms with Gasteiger partial charge in [0.05, 0.1) is 44.5 Å². The third-order valence-corrected chi connectivity index (χ3v) is 20.6. The number of aromatic nitrogens is 4. The van der Waals surface area contributed by atoms with Gasteiger partial charge in [0.1, 0.15) is 11.6 Å². The van der Waals surface area contributed by atoms with E-state index < -0.39 is 11.1 Å². The number of hydrogen-bond acceptors (Lipinski definition) is 0. The first-order valence-corrected chi connectivity index (χ1v) is 33.5. The van der Waals surface area contributed by atoms with Crippen molar-refractivity contribution in [1.29, 1.82) is 0 Å². The monoisotopic (exact) mass is 1230 g/mol. The van der Waals surface area contributed by atoms with Crippen LogP contribution in [0.4, 0.5) is 8.78 Å². The molecule has 0 amide bonds. The minimum Gasteiger partial charge on any atom is -0.331 e. The fourth-order valence-electron chi connectivity index (χ4n) is 15.9. The van der Waals surface area contributed by atoms with Gasteiger partial charge in [-0.25, -0.2) is 8.78 Å². The SMILES string of the molecule is CC(C)(C)c1ccc2c(c1)c1cc(C(C)(C)C)ccc1n2-c1c(-c2cccc(F)c2)c(C(C)(C)n2c3ccccc3c3ccccc32)c(-c2cccc(F)c2)c(-n2c3ccc(C(C)(C)C)cc3c3cc(C(C)(C)C)ccc32)c1C(C)(C)n1c2ccccc2c2ccccc21. The van der Waals surface area contributed by atoms with Gasteiger partial charge in [0.15, 0.2) is 0 Å². The van der Waals surface area contributed by atoms with E-state index >= 15 is 8.78 Å². The highest BCUT2D eigenvalue weighted by molar-refractivity contribution is 6.15. The molecule has 11 aromatic carbocycles. The first kappa shape index (κ1) is 60.7. The van der Waals surface area contributed by atoms with Crippen LogP contribution in [0.25, 0.3) is 121 Å². The van der Waals surface area contributed by atoms with E-state index in [2.05, 4.69) is 311 Å². The smallest absolute Gasteiger partial charge is 0.123 e. The fraction of sp³-hybridized carbons (Fsp3) is 0.250. The lowest BCUT2D eigenvalue weighted by molar-refractivity contribution is 0.455. The fourth-order valence-corrected chi connectivity index (χ4v) is 15.9. The Bertz CT molecular complexity index is 5150. The molecule has 0 bridgehead atoms. The first-order valence-electron chi connectivity index (χ1n) is 33.5. The number of benzene rings is 11. The third kappa shape index (κ3) is 9.31. The highest BCUT2D eigenvalue weighted by Gasteiger charge is 2.44. The van der Waals surface area contributed by atoms with Crippen molar-refractivity contribution in [2.24, 2.45) is 0 Å². The number of nitrogens with zero attached hydrogens (tertiary/aromatic N) is 4. The van der Waals surface area contributed by atoms with Crippen molar-refractivity contribution < 1.29 is 8.78 Å². The molecule has 470 valence electrons. The molecule has 94 heavy (non-hydrogen) atoms. The molecule has 0 radical (unpaired) electrons. The lowest BCUT2D eigenvalue weighted by Crippen LogP contribution is -2.35. The lowest BCUT2D eigenvalue weighted by atomic mass is 9.74. The zero-order chi connectivity index (χ0) is 66.1. The molecule has 0 atom stereocenters. The van der Waals surface area contributed by atoms with Gasteiger partial charge >= 0.3 is 0 Å². The van der Waals surface area contributed by atoms with Crippen LogP contribution in [-0.2, 0) is 32.7 Å². The predicted molar refractivity (Wildman–Crippen MR) is 396 cm³/mol. The Morgan fingerprint density at radius 3 is 0.777 bits per heavy atom. The summed E-state index contributed by atoms with van der Waals surface area (Å²) in [4.78, 5) is 0. The van der Waals surface area contributed by atoms with E-state index in [0.717, 1.165) is 121 Å². The largest absolute Gasteiger partial charge is 0.331 e. The minimum absolute atomic E-state index is 0.184. The van der Waals surface area contributed by atoms with Crippen molar-refractivity contribution in [2.45, 2.75) is 144 Å². The van der Waals surface area contributed by atoms with E-state index in [9.17, 15) is 0 Å². The summed E-state index contributed by atoms with van der Waals surface area (Å²) in [6.07, 6.45) is 0. The van der Waals surface area contributed by atoms with E-state index in [-0.39, 0.29) is 33.3 Å². The van der Waals surface area contributed by atoms with Gasteiger partial charge < -0.3 is 18.3 Å². The molecule has 0 saturated heterocycles. The maximum absolute atomic E-state index is 17.5. The topological polar surface area (TPSA) is 19.7 Å². The molecule has 0 unspecified atom stereocenters. The van der Waals surface area contributed by atoms with Crippen LogP contribution in [0.1, 0.15) is 144 Å². The lowest BCUT2D eigenvalue weighted by Gasteiger charge is -2.42. The molecule has 4 nitrogen and oxygen atoms in total. The van der Waals surface area contributed by atoms with Gasteiger partial charge in [-0.3, -0.25) is 0 Å². The van der Waals surface area contributed by atoms with Crippen molar-refractivity contribution in [2.75, 3.05) is 0 Å². The second-order valence-corrected chi connectivity index (χ2v) is 31.7. The van der Waals surface area contributed by atoms with Crippen LogP contribution in [0.3, 0.4) is 0 Å². The number of rotatable bonds is 8. The summed E-state index contributed by atoms with van der Waals surface area (Å²) in [5.74, 6) is -0.718. The molecule has 4 heterocycles.